The zero-order valence-corrected chi connectivity index (χ0v) is 27.9. The van der Waals surface area contributed by atoms with Gasteiger partial charge in [-0.15, -0.1) is 6.42 Å². The first-order chi connectivity index (χ1) is 20.5. The Bertz CT molecular complexity index is 1170. The Morgan fingerprint density at radius 1 is 0.929 bits per heavy atom. The fourth-order valence-electron chi connectivity index (χ4n) is 6.11. The molecule has 5 rings (SSSR count). The molecule has 0 spiro atoms. The summed E-state index contributed by atoms with van der Waals surface area (Å²) in [6, 6.07) is 4.94. The first kappa shape index (κ1) is 34.9. The number of anilines is 1. The third-order valence-electron chi connectivity index (χ3n) is 8.13. The van der Waals surface area contributed by atoms with E-state index in [9.17, 15) is 4.79 Å². The molecule has 1 aromatic carbocycles. The molecule has 0 bridgehead atoms. The number of hydrogen-bond acceptors (Lipinski definition) is 5. The van der Waals surface area contributed by atoms with Crippen LogP contribution in [0.5, 0.6) is 0 Å². The molecular formula is C35H56N6O. The van der Waals surface area contributed by atoms with Gasteiger partial charge in [-0.05, 0) is 49.3 Å². The van der Waals surface area contributed by atoms with E-state index in [0.29, 0.717) is 18.5 Å². The number of aromatic nitrogens is 2. The molecule has 2 atom stereocenters. The van der Waals surface area contributed by atoms with E-state index in [0.717, 1.165) is 67.1 Å². The monoisotopic (exact) mass is 576 g/mol. The maximum absolute atomic E-state index is 11.8. The zero-order chi connectivity index (χ0) is 31.2. The molecule has 2 aromatic rings. The lowest BCUT2D eigenvalue weighted by Gasteiger charge is -2.39. The van der Waals surface area contributed by atoms with Crippen LogP contribution in [0.15, 0.2) is 29.6 Å². The van der Waals surface area contributed by atoms with Gasteiger partial charge in [-0.2, -0.15) is 10.2 Å². The third kappa shape index (κ3) is 8.18. The summed E-state index contributed by atoms with van der Waals surface area (Å²) in [6.45, 7) is 19.7. The molecule has 1 fully saturated rings. The lowest BCUT2D eigenvalue weighted by Crippen LogP contribution is -2.44. The van der Waals surface area contributed by atoms with E-state index in [4.69, 9.17) is 11.5 Å². The molecule has 7 nitrogen and oxygen atoms in total. The third-order valence-corrected chi connectivity index (χ3v) is 8.13. The Labute approximate surface area is 256 Å². The molecule has 1 aromatic heterocycles. The van der Waals surface area contributed by atoms with Crippen molar-refractivity contribution in [3.05, 3.63) is 35.7 Å². The predicted molar refractivity (Wildman–Crippen MR) is 179 cm³/mol. The molecule has 232 valence electrons. The molecule has 0 saturated heterocycles. The number of terminal acetylenes is 1. The van der Waals surface area contributed by atoms with Gasteiger partial charge in [0.1, 0.15) is 5.84 Å². The number of carbonyl (C=O) groups is 1. The lowest BCUT2D eigenvalue weighted by molar-refractivity contribution is -0.118. The van der Waals surface area contributed by atoms with Crippen molar-refractivity contribution in [3.8, 4) is 23.5 Å². The van der Waals surface area contributed by atoms with Crippen molar-refractivity contribution in [2.24, 2.45) is 18.1 Å². The average molecular weight is 577 g/mol. The SMILES string of the molecule is C#Cc1cc2c(cc1-c1cnn(C)c1)C(C)CCN2/C1=N/N(C2CCCC2)CCCN(C=O)CC1C.CC.CC.CC. The molecule has 1 amide bonds. The second-order valence-corrected chi connectivity index (χ2v) is 10.8. The number of amidine groups is 1. The van der Waals surface area contributed by atoms with Gasteiger partial charge in [-0.1, -0.05) is 74.2 Å². The van der Waals surface area contributed by atoms with E-state index in [-0.39, 0.29) is 5.92 Å². The highest BCUT2D eigenvalue weighted by Crippen LogP contribution is 2.41. The van der Waals surface area contributed by atoms with Gasteiger partial charge in [-0.3, -0.25) is 14.5 Å². The van der Waals surface area contributed by atoms with Crippen LogP contribution < -0.4 is 4.90 Å². The summed E-state index contributed by atoms with van der Waals surface area (Å²) in [5.41, 5.74) is 5.43. The Balaban J connectivity index is 0.000000966. The summed E-state index contributed by atoms with van der Waals surface area (Å²) in [4.78, 5) is 16.1. The van der Waals surface area contributed by atoms with Gasteiger partial charge in [-0.25, -0.2) is 0 Å². The van der Waals surface area contributed by atoms with Crippen LogP contribution in [0.2, 0.25) is 0 Å². The van der Waals surface area contributed by atoms with E-state index in [1.54, 1.807) is 0 Å². The number of fused-ring (bicyclic) bond motifs is 1. The Morgan fingerprint density at radius 2 is 1.62 bits per heavy atom. The van der Waals surface area contributed by atoms with Gasteiger partial charge in [0, 0.05) is 73.8 Å². The van der Waals surface area contributed by atoms with E-state index in [1.807, 2.05) is 70.6 Å². The second-order valence-electron chi connectivity index (χ2n) is 10.8. The van der Waals surface area contributed by atoms with E-state index in [1.165, 1.54) is 31.2 Å². The van der Waals surface area contributed by atoms with E-state index >= 15 is 0 Å². The summed E-state index contributed by atoms with van der Waals surface area (Å²) >= 11 is 0. The quantitative estimate of drug-likeness (QED) is 0.280. The Kier molecular flexibility index (Phi) is 14.7. The molecule has 3 aliphatic rings. The van der Waals surface area contributed by atoms with Crippen LogP contribution >= 0.6 is 0 Å². The van der Waals surface area contributed by atoms with Crippen LogP contribution in [0.3, 0.4) is 0 Å². The highest BCUT2D eigenvalue weighted by Gasteiger charge is 2.32. The number of carbonyl (C=O) groups excluding carboxylic acids is 1. The minimum absolute atomic E-state index is 0.116. The maximum atomic E-state index is 11.8. The maximum Gasteiger partial charge on any atom is 0.209 e. The minimum atomic E-state index is 0.116. The number of hydrogen-bond donors (Lipinski definition) is 0. The first-order valence-electron chi connectivity index (χ1n) is 16.4. The number of nitrogens with zero attached hydrogens (tertiary/aromatic N) is 6. The van der Waals surface area contributed by atoms with E-state index in [2.05, 4.69) is 46.9 Å². The van der Waals surface area contributed by atoms with Gasteiger partial charge >= 0.3 is 0 Å². The van der Waals surface area contributed by atoms with Crippen LogP contribution in [0.1, 0.15) is 111 Å². The Hall–Kier alpha value is -3.27. The highest BCUT2D eigenvalue weighted by molar-refractivity contribution is 6.01. The number of benzene rings is 1. The van der Waals surface area contributed by atoms with Crippen molar-refractivity contribution in [2.75, 3.05) is 31.1 Å². The van der Waals surface area contributed by atoms with Gasteiger partial charge < -0.3 is 9.80 Å². The van der Waals surface area contributed by atoms with Gasteiger partial charge in [0.05, 0.1) is 6.20 Å². The average Bonchev–Trinajstić information content (AvgIpc) is 3.74. The number of hydrazone groups is 1. The predicted octanol–water partition coefficient (Wildman–Crippen LogP) is 7.52. The zero-order valence-electron chi connectivity index (χ0n) is 27.9. The molecule has 0 N–H and O–H groups in total. The smallest absolute Gasteiger partial charge is 0.209 e. The van der Waals surface area contributed by atoms with Crippen molar-refractivity contribution in [1.82, 2.24) is 19.7 Å². The fraction of sp³-hybridized carbons (Fsp3) is 0.629. The molecule has 0 radical (unpaired) electrons. The largest absolute Gasteiger partial charge is 0.344 e. The normalized spacial score (nSPS) is 21.7. The molecule has 1 saturated carbocycles. The topological polar surface area (TPSA) is 57.0 Å². The number of rotatable bonds is 3. The standard InChI is InChI=1S/C29H38N6O.3C2H6/c1-5-23-15-28-26(16-27(23)24-17-30-32(4)19-24)21(2)11-14-34(28)29-22(3)18-33(20-36)12-8-13-35(31-29)25-9-6-7-10-25;3*1-2/h1,15-17,19-22,25H,6-14,18H2,2-4H3;3*1-2H3/b31-29+;;;. The molecule has 3 heterocycles. The second kappa shape index (κ2) is 17.6. The first-order valence-corrected chi connectivity index (χ1v) is 16.4. The van der Waals surface area contributed by atoms with Gasteiger partial charge in [0.25, 0.3) is 0 Å². The van der Waals surface area contributed by atoms with Crippen molar-refractivity contribution in [2.45, 2.75) is 106 Å². The molecule has 2 aliphatic heterocycles. The van der Waals surface area contributed by atoms with Crippen LogP contribution in [0.25, 0.3) is 11.1 Å². The van der Waals surface area contributed by atoms with Gasteiger partial charge in [0.15, 0.2) is 0 Å². The highest BCUT2D eigenvalue weighted by atomic mass is 16.1. The summed E-state index contributed by atoms with van der Waals surface area (Å²) < 4.78 is 1.81. The van der Waals surface area contributed by atoms with Gasteiger partial charge in [0.2, 0.25) is 6.41 Å². The summed E-state index contributed by atoms with van der Waals surface area (Å²) in [6.07, 6.45) is 17.9. The van der Waals surface area contributed by atoms with Crippen LogP contribution in [-0.2, 0) is 11.8 Å². The van der Waals surface area contributed by atoms with Crippen molar-refractivity contribution < 1.29 is 4.79 Å². The molecule has 1 aliphatic carbocycles. The Morgan fingerprint density at radius 3 is 2.21 bits per heavy atom. The van der Waals surface area contributed by atoms with Crippen LogP contribution in [0.4, 0.5) is 5.69 Å². The van der Waals surface area contributed by atoms with Crippen molar-refractivity contribution in [3.63, 3.8) is 0 Å². The lowest BCUT2D eigenvalue weighted by atomic mass is 9.86. The summed E-state index contributed by atoms with van der Waals surface area (Å²) in [5.74, 6) is 4.53. The van der Waals surface area contributed by atoms with Crippen LogP contribution in [0, 0.1) is 18.3 Å². The van der Waals surface area contributed by atoms with E-state index < -0.39 is 0 Å². The van der Waals surface area contributed by atoms with Crippen LogP contribution in [-0.4, -0.2) is 64.2 Å². The fourth-order valence-corrected chi connectivity index (χ4v) is 6.11. The molecular weight excluding hydrogens is 520 g/mol. The summed E-state index contributed by atoms with van der Waals surface area (Å²) in [7, 11) is 1.93. The van der Waals surface area contributed by atoms with Crippen molar-refractivity contribution >= 4 is 17.9 Å². The number of amides is 1. The molecule has 2 unspecified atom stereocenters. The molecule has 7 heteroatoms. The minimum Gasteiger partial charge on any atom is -0.344 e. The number of aryl methyl sites for hydroxylation is 1. The van der Waals surface area contributed by atoms with Crippen molar-refractivity contribution in [1.29, 1.82) is 0 Å². The molecule has 42 heavy (non-hydrogen) atoms. The summed E-state index contributed by atoms with van der Waals surface area (Å²) in [5, 5.41) is 12.1.